The quantitative estimate of drug-likeness (QED) is 0.870. The molecule has 0 aliphatic heterocycles. The third kappa shape index (κ3) is 4.38. The van der Waals surface area contributed by atoms with Gasteiger partial charge < -0.3 is 10.0 Å². The first-order chi connectivity index (χ1) is 9.65. The Morgan fingerprint density at radius 2 is 1.85 bits per heavy atom. The van der Waals surface area contributed by atoms with Crippen molar-refractivity contribution in [2.75, 3.05) is 11.4 Å². The van der Waals surface area contributed by atoms with Crippen molar-refractivity contribution in [1.82, 2.24) is 0 Å². The molecule has 1 N–H and O–H groups in total. The molecule has 0 radical (unpaired) electrons. The predicted molar refractivity (Wildman–Crippen MR) is 83.9 cm³/mol. The number of rotatable bonds is 6. The van der Waals surface area contributed by atoms with Crippen LogP contribution in [0.3, 0.4) is 0 Å². The van der Waals surface area contributed by atoms with Crippen molar-refractivity contribution in [3.8, 4) is 0 Å². The second kappa shape index (κ2) is 7.10. The lowest BCUT2D eigenvalue weighted by atomic mass is 10.2. The summed E-state index contributed by atoms with van der Waals surface area (Å²) in [5, 5.41) is 8.89. The summed E-state index contributed by atoms with van der Waals surface area (Å²) < 4.78 is 1.03. The Morgan fingerprint density at radius 3 is 2.50 bits per heavy atom. The molecule has 0 saturated carbocycles. The summed E-state index contributed by atoms with van der Waals surface area (Å²) in [7, 11) is 0. The fraction of sp³-hybridized carbons (Fsp3) is 0.188. The van der Waals surface area contributed by atoms with Crippen molar-refractivity contribution in [1.29, 1.82) is 0 Å². The highest BCUT2D eigenvalue weighted by Gasteiger charge is 2.09. The molecule has 0 aliphatic rings. The van der Waals surface area contributed by atoms with Gasteiger partial charge in [0.05, 0.1) is 6.42 Å². The van der Waals surface area contributed by atoms with E-state index in [4.69, 9.17) is 5.11 Å². The van der Waals surface area contributed by atoms with Crippen LogP contribution in [-0.4, -0.2) is 17.6 Å². The van der Waals surface area contributed by atoms with Gasteiger partial charge in [0.15, 0.2) is 0 Å². The van der Waals surface area contributed by atoms with Crippen molar-refractivity contribution in [2.24, 2.45) is 0 Å². The minimum Gasteiger partial charge on any atom is -0.481 e. The number of aliphatic carboxylic acids is 1. The molecule has 0 spiro atoms. The zero-order valence-electron chi connectivity index (χ0n) is 11.0. The Morgan fingerprint density at radius 1 is 1.10 bits per heavy atom. The summed E-state index contributed by atoms with van der Waals surface area (Å²) in [6.45, 7) is 1.18. The largest absolute Gasteiger partial charge is 0.481 e. The minimum absolute atomic E-state index is 0.128. The van der Waals surface area contributed by atoms with E-state index in [1.807, 2.05) is 48.5 Å². The molecule has 3 nitrogen and oxygen atoms in total. The molecule has 0 aliphatic carbocycles. The minimum atomic E-state index is -0.778. The molecule has 2 aromatic carbocycles. The average molecular weight is 334 g/mol. The van der Waals surface area contributed by atoms with Crippen LogP contribution in [0.5, 0.6) is 0 Å². The van der Waals surface area contributed by atoms with E-state index in [1.165, 1.54) is 0 Å². The van der Waals surface area contributed by atoms with Crippen LogP contribution >= 0.6 is 15.9 Å². The van der Waals surface area contributed by atoms with Crippen LogP contribution in [-0.2, 0) is 11.3 Å². The van der Waals surface area contributed by atoms with Crippen molar-refractivity contribution in [3.05, 3.63) is 64.6 Å². The molecule has 0 aromatic heterocycles. The normalized spacial score (nSPS) is 10.2. The number of benzene rings is 2. The van der Waals surface area contributed by atoms with E-state index in [1.54, 1.807) is 0 Å². The maximum atomic E-state index is 10.8. The van der Waals surface area contributed by atoms with E-state index >= 15 is 0 Å². The molecule has 104 valence electrons. The van der Waals surface area contributed by atoms with Gasteiger partial charge >= 0.3 is 5.97 Å². The summed E-state index contributed by atoms with van der Waals surface area (Å²) in [5.74, 6) is -0.778. The first-order valence-corrected chi connectivity index (χ1v) is 7.20. The monoisotopic (exact) mass is 333 g/mol. The second-order valence-corrected chi connectivity index (χ2v) is 5.45. The Hall–Kier alpha value is -1.81. The van der Waals surface area contributed by atoms with Crippen molar-refractivity contribution in [3.63, 3.8) is 0 Å². The molecular weight excluding hydrogens is 318 g/mol. The topological polar surface area (TPSA) is 40.5 Å². The SMILES string of the molecule is O=C(O)CCN(Cc1cccc(Br)c1)c1ccccc1. The first-order valence-electron chi connectivity index (χ1n) is 6.41. The molecule has 0 atom stereocenters. The van der Waals surface area contributed by atoms with E-state index < -0.39 is 5.97 Å². The zero-order valence-corrected chi connectivity index (χ0v) is 12.6. The molecule has 0 fully saturated rings. The predicted octanol–water partition coefficient (Wildman–Crippen LogP) is 3.93. The van der Waals surface area contributed by atoms with Crippen LogP contribution in [0, 0.1) is 0 Å². The lowest BCUT2D eigenvalue weighted by Crippen LogP contribution is -2.25. The van der Waals surface area contributed by atoms with E-state index in [9.17, 15) is 4.79 Å². The molecule has 0 heterocycles. The third-order valence-electron chi connectivity index (χ3n) is 2.98. The van der Waals surface area contributed by atoms with Gasteiger partial charge in [-0.15, -0.1) is 0 Å². The van der Waals surface area contributed by atoms with Crippen molar-refractivity contribution >= 4 is 27.6 Å². The number of hydrogen-bond acceptors (Lipinski definition) is 2. The summed E-state index contributed by atoms with van der Waals surface area (Å²) in [4.78, 5) is 12.9. The summed E-state index contributed by atoms with van der Waals surface area (Å²) in [5.41, 5.74) is 2.18. The van der Waals surface area contributed by atoms with E-state index in [0.29, 0.717) is 13.1 Å². The first kappa shape index (κ1) is 14.6. The van der Waals surface area contributed by atoms with Gasteiger partial charge in [0.25, 0.3) is 0 Å². The molecule has 0 unspecified atom stereocenters. The van der Waals surface area contributed by atoms with Crippen LogP contribution in [0.2, 0.25) is 0 Å². The number of carbonyl (C=O) groups is 1. The molecule has 0 saturated heterocycles. The maximum Gasteiger partial charge on any atom is 0.305 e. The van der Waals surface area contributed by atoms with Crippen molar-refractivity contribution < 1.29 is 9.90 Å². The van der Waals surface area contributed by atoms with Crippen LogP contribution < -0.4 is 4.90 Å². The smallest absolute Gasteiger partial charge is 0.305 e. The molecule has 4 heteroatoms. The summed E-state index contributed by atoms with van der Waals surface area (Å²) >= 11 is 3.46. The molecular formula is C16H16BrNO2. The fourth-order valence-corrected chi connectivity index (χ4v) is 2.47. The van der Waals surface area contributed by atoms with Gasteiger partial charge in [-0.1, -0.05) is 46.3 Å². The van der Waals surface area contributed by atoms with Gasteiger partial charge in [-0.05, 0) is 29.8 Å². The Kier molecular flexibility index (Phi) is 5.18. The van der Waals surface area contributed by atoms with Crippen LogP contribution in [0.4, 0.5) is 5.69 Å². The number of carboxylic acids is 1. The van der Waals surface area contributed by atoms with Crippen LogP contribution in [0.15, 0.2) is 59.1 Å². The number of para-hydroxylation sites is 1. The lowest BCUT2D eigenvalue weighted by molar-refractivity contribution is -0.136. The lowest BCUT2D eigenvalue weighted by Gasteiger charge is -2.24. The highest BCUT2D eigenvalue weighted by Crippen LogP contribution is 2.19. The van der Waals surface area contributed by atoms with E-state index in [-0.39, 0.29) is 6.42 Å². The van der Waals surface area contributed by atoms with Gasteiger partial charge in [0, 0.05) is 23.2 Å². The standard InChI is InChI=1S/C16H16BrNO2/c17-14-6-4-5-13(11-14)12-18(10-9-16(19)20)15-7-2-1-3-8-15/h1-8,11H,9-10,12H2,(H,19,20). The Balaban J connectivity index is 2.16. The number of nitrogens with zero attached hydrogens (tertiary/aromatic N) is 1. The third-order valence-corrected chi connectivity index (χ3v) is 3.47. The second-order valence-electron chi connectivity index (χ2n) is 4.53. The molecule has 2 rings (SSSR count). The van der Waals surface area contributed by atoms with E-state index in [2.05, 4.69) is 26.9 Å². The molecule has 2 aromatic rings. The highest BCUT2D eigenvalue weighted by molar-refractivity contribution is 9.10. The van der Waals surface area contributed by atoms with Gasteiger partial charge in [-0.3, -0.25) is 4.79 Å². The van der Waals surface area contributed by atoms with E-state index in [0.717, 1.165) is 15.7 Å². The number of halogens is 1. The Labute approximate surface area is 127 Å². The molecule has 0 amide bonds. The van der Waals surface area contributed by atoms with Crippen LogP contribution in [0.1, 0.15) is 12.0 Å². The number of hydrogen-bond donors (Lipinski definition) is 1. The van der Waals surface area contributed by atoms with Gasteiger partial charge in [0.2, 0.25) is 0 Å². The fourth-order valence-electron chi connectivity index (χ4n) is 2.02. The van der Waals surface area contributed by atoms with Crippen molar-refractivity contribution in [2.45, 2.75) is 13.0 Å². The Bertz CT molecular complexity index is 572. The van der Waals surface area contributed by atoms with Gasteiger partial charge in [-0.2, -0.15) is 0 Å². The average Bonchev–Trinajstić information content (AvgIpc) is 2.44. The summed E-state index contributed by atoms with van der Waals surface area (Å²) in [6.07, 6.45) is 0.128. The number of anilines is 1. The highest BCUT2D eigenvalue weighted by atomic mass is 79.9. The van der Waals surface area contributed by atoms with Crippen LogP contribution in [0.25, 0.3) is 0 Å². The van der Waals surface area contributed by atoms with Gasteiger partial charge in [-0.25, -0.2) is 0 Å². The zero-order chi connectivity index (χ0) is 14.4. The van der Waals surface area contributed by atoms with Gasteiger partial charge in [0.1, 0.15) is 0 Å². The maximum absolute atomic E-state index is 10.8. The number of carboxylic acid groups (broad SMARTS) is 1. The summed E-state index contributed by atoms with van der Waals surface area (Å²) in [6, 6.07) is 17.9. The molecule has 0 bridgehead atoms. The molecule has 20 heavy (non-hydrogen) atoms.